The highest BCUT2D eigenvalue weighted by Gasteiger charge is 2.08. The summed E-state index contributed by atoms with van der Waals surface area (Å²) in [5, 5.41) is 0.910. The van der Waals surface area contributed by atoms with Crippen LogP contribution in [-0.4, -0.2) is 13.1 Å². The third kappa shape index (κ3) is 3.77. The van der Waals surface area contributed by atoms with Gasteiger partial charge in [0.1, 0.15) is 0 Å². The number of hydrogen-bond donors (Lipinski definition) is 0. The minimum Gasteiger partial charge on any atom is -0.371 e. The number of benzene rings is 1. The molecule has 0 saturated heterocycles. The monoisotopic (exact) mass is 347 g/mol. The molecular weight excluding hydrogens is 330 g/mol. The highest BCUT2D eigenvalue weighted by atomic mass is 79.9. The molecule has 0 radical (unpaired) electrons. The summed E-state index contributed by atoms with van der Waals surface area (Å²) in [5.41, 5.74) is 2.62. The molecule has 0 aromatic heterocycles. The van der Waals surface area contributed by atoms with Gasteiger partial charge in [0.25, 0.3) is 0 Å². The van der Waals surface area contributed by atoms with Crippen LogP contribution in [0.5, 0.6) is 0 Å². The van der Waals surface area contributed by atoms with Crippen molar-refractivity contribution < 1.29 is 0 Å². The summed E-state index contributed by atoms with van der Waals surface area (Å²) in [6.07, 6.45) is 2.37. The normalized spacial score (nSPS) is 10.5. The lowest BCUT2D eigenvalue weighted by Crippen LogP contribution is -2.25. The average molecular weight is 349 g/mol. The highest BCUT2D eigenvalue weighted by Crippen LogP contribution is 2.28. The van der Waals surface area contributed by atoms with Crippen LogP contribution in [0.2, 0.25) is 0 Å². The first kappa shape index (κ1) is 14.0. The van der Waals surface area contributed by atoms with Crippen molar-refractivity contribution in [3.05, 3.63) is 28.2 Å². The summed E-state index contributed by atoms with van der Waals surface area (Å²) in [6, 6.07) is 6.60. The molecule has 90 valence electrons. The molecule has 0 fully saturated rings. The van der Waals surface area contributed by atoms with Crippen molar-refractivity contribution in [2.75, 3.05) is 18.0 Å². The van der Waals surface area contributed by atoms with E-state index in [2.05, 4.69) is 68.8 Å². The predicted molar refractivity (Wildman–Crippen MR) is 79.6 cm³/mol. The number of anilines is 1. The second-order valence-electron chi connectivity index (χ2n) is 3.91. The second-order valence-corrected chi connectivity index (χ2v) is 5.32. The van der Waals surface area contributed by atoms with Crippen LogP contribution in [0, 0.1) is 0 Å². The third-order valence-corrected chi connectivity index (χ3v) is 3.78. The molecule has 3 heteroatoms. The molecule has 0 spiro atoms. The lowest BCUT2D eigenvalue weighted by molar-refractivity contribution is 0.743. The minimum atomic E-state index is 0.910. The topological polar surface area (TPSA) is 3.24 Å². The van der Waals surface area contributed by atoms with Crippen LogP contribution < -0.4 is 4.90 Å². The van der Waals surface area contributed by atoms with E-state index in [1.165, 1.54) is 28.6 Å². The van der Waals surface area contributed by atoms with Crippen LogP contribution >= 0.6 is 31.9 Å². The van der Waals surface area contributed by atoms with Gasteiger partial charge in [-0.25, -0.2) is 0 Å². The Labute approximate surface area is 115 Å². The molecule has 0 amide bonds. The van der Waals surface area contributed by atoms with Gasteiger partial charge in [-0.15, -0.1) is 0 Å². The van der Waals surface area contributed by atoms with Gasteiger partial charge in [0.05, 0.1) is 5.69 Å². The van der Waals surface area contributed by atoms with Gasteiger partial charge in [-0.05, 0) is 46.5 Å². The van der Waals surface area contributed by atoms with Crippen molar-refractivity contribution in [1.82, 2.24) is 0 Å². The molecule has 0 heterocycles. The highest BCUT2D eigenvalue weighted by molar-refractivity contribution is 9.10. The van der Waals surface area contributed by atoms with Crippen molar-refractivity contribution in [2.24, 2.45) is 0 Å². The standard InChI is InChI=1S/C13H19Br2N/c1-3-7-16(8-4-2)13-6-5-11(10-14)9-12(13)15/h5-6,9H,3-4,7-8,10H2,1-2H3. The number of alkyl halides is 1. The zero-order valence-corrected chi connectivity index (χ0v) is 13.1. The Morgan fingerprint density at radius 3 is 2.19 bits per heavy atom. The van der Waals surface area contributed by atoms with Gasteiger partial charge in [0.2, 0.25) is 0 Å². The number of nitrogens with zero attached hydrogens (tertiary/aromatic N) is 1. The van der Waals surface area contributed by atoms with E-state index in [-0.39, 0.29) is 0 Å². The van der Waals surface area contributed by atoms with E-state index in [0.29, 0.717) is 0 Å². The summed E-state index contributed by atoms with van der Waals surface area (Å²) in [5.74, 6) is 0. The summed E-state index contributed by atoms with van der Waals surface area (Å²) in [4.78, 5) is 2.45. The molecule has 0 unspecified atom stereocenters. The fourth-order valence-corrected chi connectivity index (χ4v) is 2.81. The van der Waals surface area contributed by atoms with Gasteiger partial charge in [0.15, 0.2) is 0 Å². The Morgan fingerprint density at radius 2 is 1.75 bits per heavy atom. The Bertz CT molecular complexity index is 320. The maximum atomic E-state index is 3.67. The quantitative estimate of drug-likeness (QED) is 0.656. The number of halogens is 2. The summed E-state index contributed by atoms with van der Waals surface area (Å²) >= 11 is 7.15. The van der Waals surface area contributed by atoms with Crippen LogP contribution in [0.3, 0.4) is 0 Å². The van der Waals surface area contributed by atoms with Gasteiger partial charge in [-0.3, -0.25) is 0 Å². The van der Waals surface area contributed by atoms with E-state index in [1.807, 2.05) is 0 Å². The van der Waals surface area contributed by atoms with Gasteiger partial charge in [-0.1, -0.05) is 35.8 Å². The minimum absolute atomic E-state index is 0.910. The van der Waals surface area contributed by atoms with E-state index in [1.54, 1.807) is 0 Å². The smallest absolute Gasteiger partial charge is 0.0510 e. The first-order valence-electron chi connectivity index (χ1n) is 5.82. The maximum absolute atomic E-state index is 3.67. The lowest BCUT2D eigenvalue weighted by atomic mass is 10.2. The SMILES string of the molecule is CCCN(CCC)c1ccc(CBr)cc1Br. The van der Waals surface area contributed by atoms with E-state index >= 15 is 0 Å². The molecule has 0 aliphatic rings. The zero-order valence-electron chi connectivity index (χ0n) is 9.97. The molecule has 1 aromatic rings. The Balaban J connectivity index is 2.90. The Morgan fingerprint density at radius 1 is 1.12 bits per heavy atom. The van der Waals surface area contributed by atoms with Crippen LogP contribution in [0.1, 0.15) is 32.3 Å². The van der Waals surface area contributed by atoms with Gasteiger partial charge >= 0.3 is 0 Å². The Kier molecular flexibility index (Phi) is 6.44. The summed E-state index contributed by atoms with van der Waals surface area (Å²) in [7, 11) is 0. The van der Waals surface area contributed by atoms with Crippen LogP contribution in [0.15, 0.2) is 22.7 Å². The van der Waals surface area contributed by atoms with Crippen LogP contribution in [0.4, 0.5) is 5.69 Å². The molecule has 0 aliphatic heterocycles. The number of rotatable bonds is 6. The Hall–Kier alpha value is -0.0200. The zero-order chi connectivity index (χ0) is 12.0. The van der Waals surface area contributed by atoms with Crippen molar-refractivity contribution >= 4 is 37.5 Å². The molecular formula is C13H19Br2N. The molecule has 1 nitrogen and oxygen atoms in total. The molecule has 0 aliphatic carbocycles. The molecule has 1 rings (SSSR count). The number of hydrogen-bond acceptors (Lipinski definition) is 1. The third-order valence-electron chi connectivity index (χ3n) is 2.49. The predicted octanol–water partition coefficient (Wildman–Crippen LogP) is 4.97. The van der Waals surface area contributed by atoms with E-state index in [9.17, 15) is 0 Å². The largest absolute Gasteiger partial charge is 0.371 e. The van der Waals surface area contributed by atoms with E-state index in [0.717, 1.165) is 18.4 Å². The van der Waals surface area contributed by atoms with Gasteiger partial charge < -0.3 is 4.90 Å². The molecule has 0 bridgehead atoms. The van der Waals surface area contributed by atoms with Crippen LogP contribution in [-0.2, 0) is 5.33 Å². The first-order valence-corrected chi connectivity index (χ1v) is 7.73. The van der Waals surface area contributed by atoms with E-state index in [4.69, 9.17) is 0 Å². The lowest BCUT2D eigenvalue weighted by Gasteiger charge is -2.25. The first-order chi connectivity index (χ1) is 7.72. The maximum Gasteiger partial charge on any atom is 0.0510 e. The van der Waals surface area contributed by atoms with Crippen molar-refractivity contribution in [3.8, 4) is 0 Å². The summed E-state index contributed by atoms with van der Waals surface area (Å²) < 4.78 is 1.20. The van der Waals surface area contributed by atoms with Gasteiger partial charge in [-0.2, -0.15) is 0 Å². The molecule has 1 aromatic carbocycles. The molecule has 0 N–H and O–H groups in total. The van der Waals surface area contributed by atoms with Crippen molar-refractivity contribution in [2.45, 2.75) is 32.0 Å². The fourth-order valence-electron chi connectivity index (χ4n) is 1.78. The van der Waals surface area contributed by atoms with Gasteiger partial charge in [0, 0.05) is 22.9 Å². The summed E-state index contributed by atoms with van der Waals surface area (Å²) in [6.45, 7) is 6.70. The molecule has 0 saturated carbocycles. The van der Waals surface area contributed by atoms with Crippen LogP contribution in [0.25, 0.3) is 0 Å². The fraction of sp³-hybridized carbons (Fsp3) is 0.538. The average Bonchev–Trinajstić information content (AvgIpc) is 2.29. The van der Waals surface area contributed by atoms with Crippen molar-refractivity contribution in [3.63, 3.8) is 0 Å². The molecule has 0 atom stereocenters. The second kappa shape index (κ2) is 7.33. The van der Waals surface area contributed by atoms with Crippen molar-refractivity contribution in [1.29, 1.82) is 0 Å². The van der Waals surface area contributed by atoms with E-state index < -0.39 is 0 Å². The molecule has 16 heavy (non-hydrogen) atoms.